The lowest BCUT2D eigenvalue weighted by molar-refractivity contribution is 0.0735. The molecule has 0 aromatic rings. The molecular weight excluding hydrogens is 637 g/mol. The first kappa shape index (κ1) is 42.2. The van der Waals surface area contributed by atoms with E-state index in [2.05, 4.69) is 134 Å². The maximum absolute atomic E-state index is 7.17. The van der Waals surface area contributed by atoms with Crippen LogP contribution in [0.1, 0.15) is 140 Å². The highest BCUT2D eigenvalue weighted by atomic mass is 28.4. The summed E-state index contributed by atoms with van der Waals surface area (Å²) in [4.78, 5) is 0. The molecule has 0 aliphatic heterocycles. The standard InChI is InChI=1S/C42H80O3Si3/c1-31(21-19-27-41(9,10)45-46(12,13)14)36-25-26-37-33(22-20-28-42(36,37)11)23-24-34-29-35(43-47(15,16)39(3,4)5)30-38(32(34)2)44-48(17,18)40(6,7)8/h24,31,35-38H,19-22,25-30H2,1-18H3/t23?,31-,35-,36-,37+,38+,42-/m1/s1. The Labute approximate surface area is 302 Å². The van der Waals surface area contributed by atoms with Gasteiger partial charge in [0, 0.05) is 6.42 Å². The van der Waals surface area contributed by atoms with Crippen molar-refractivity contribution in [2.75, 3.05) is 0 Å². The average molecular weight is 717 g/mol. The van der Waals surface area contributed by atoms with Gasteiger partial charge in [0.05, 0.1) is 17.8 Å². The van der Waals surface area contributed by atoms with Gasteiger partial charge in [0.25, 0.3) is 0 Å². The Balaban J connectivity index is 1.85. The quantitative estimate of drug-likeness (QED) is 0.149. The van der Waals surface area contributed by atoms with E-state index in [4.69, 9.17) is 13.3 Å². The number of allylic oxidation sites excluding steroid dienone is 1. The van der Waals surface area contributed by atoms with Gasteiger partial charge in [-0.25, -0.2) is 0 Å². The lowest BCUT2D eigenvalue weighted by Gasteiger charge is -2.45. The van der Waals surface area contributed by atoms with Crippen molar-refractivity contribution < 1.29 is 13.3 Å². The Morgan fingerprint density at radius 3 is 2.04 bits per heavy atom. The molecule has 0 aromatic heterocycles. The van der Waals surface area contributed by atoms with Gasteiger partial charge in [-0.3, -0.25) is 0 Å². The Bertz CT molecular complexity index is 1200. The van der Waals surface area contributed by atoms with E-state index in [0.717, 1.165) is 31.1 Å². The molecule has 6 heteroatoms. The Morgan fingerprint density at radius 2 is 1.48 bits per heavy atom. The first-order valence-electron chi connectivity index (χ1n) is 19.8. The van der Waals surface area contributed by atoms with Crippen LogP contribution < -0.4 is 0 Å². The highest BCUT2D eigenvalue weighted by Crippen LogP contribution is 2.60. The van der Waals surface area contributed by atoms with Crippen molar-refractivity contribution in [2.24, 2.45) is 23.2 Å². The van der Waals surface area contributed by atoms with Gasteiger partial charge in [-0.05, 0) is 168 Å². The molecule has 3 nitrogen and oxygen atoms in total. The summed E-state index contributed by atoms with van der Waals surface area (Å²) in [6, 6.07) is 0. The molecule has 3 aliphatic rings. The number of fused-ring (bicyclic) bond motifs is 1. The summed E-state index contributed by atoms with van der Waals surface area (Å²) >= 11 is 0. The number of rotatable bonds is 12. The van der Waals surface area contributed by atoms with Crippen molar-refractivity contribution in [1.82, 2.24) is 0 Å². The van der Waals surface area contributed by atoms with Crippen LogP contribution in [-0.2, 0) is 13.3 Å². The number of hydrogen-bond acceptors (Lipinski definition) is 3. The van der Waals surface area contributed by atoms with E-state index in [1.54, 1.807) is 5.57 Å². The van der Waals surface area contributed by atoms with Gasteiger partial charge in [0.2, 0.25) is 0 Å². The highest BCUT2D eigenvalue weighted by molar-refractivity contribution is 6.74. The first-order chi connectivity index (χ1) is 21.6. The lowest BCUT2D eigenvalue weighted by atomic mass is 9.61. The zero-order chi connectivity index (χ0) is 36.7. The lowest BCUT2D eigenvalue weighted by Crippen LogP contribution is -2.49. The minimum atomic E-state index is -1.94. The summed E-state index contributed by atoms with van der Waals surface area (Å²) in [6.07, 6.45) is 15.0. The molecule has 6 atom stereocenters. The summed E-state index contributed by atoms with van der Waals surface area (Å²) in [5, 5.41) is 0.372. The smallest absolute Gasteiger partial charge is 0.192 e. The molecular formula is C42H80O3Si3. The van der Waals surface area contributed by atoms with Gasteiger partial charge in [-0.2, -0.15) is 0 Å². The van der Waals surface area contributed by atoms with E-state index >= 15 is 0 Å². The predicted octanol–water partition coefficient (Wildman–Crippen LogP) is 13.6. The zero-order valence-corrected chi connectivity index (χ0v) is 38.3. The summed E-state index contributed by atoms with van der Waals surface area (Å²) in [7, 11) is -5.39. The van der Waals surface area contributed by atoms with Crippen molar-refractivity contribution >= 4 is 25.0 Å². The van der Waals surface area contributed by atoms with Crippen molar-refractivity contribution in [1.29, 1.82) is 0 Å². The van der Waals surface area contributed by atoms with Crippen LogP contribution in [0, 0.1) is 23.2 Å². The monoisotopic (exact) mass is 717 g/mol. The van der Waals surface area contributed by atoms with Gasteiger partial charge in [-0.1, -0.05) is 68.2 Å². The predicted molar refractivity (Wildman–Crippen MR) is 217 cm³/mol. The van der Waals surface area contributed by atoms with Gasteiger partial charge in [-0.15, -0.1) is 5.73 Å². The highest BCUT2D eigenvalue weighted by Gasteiger charge is 2.51. The molecule has 0 aromatic carbocycles. The minimum absolute atomic E-state index is 0.00670. The van der Waals surface area contributed by atoms with Crippen LogP contribution in [0.25, 0.3) is 0 Å². The largest absolute Gasteiger partial charge is 0.413 e. The van der Waals surface area contributed by atoms with E-state index in [0.29, 0.717) is 11.3 Å². The van der Waals surface area contributed by atoms with Crippen LogP contribution >= 0.6 is 0 Å². The molecule has 0 radical (unpaired) electrons. The third-order valence-electron chi connectivity index (χ3n) is 13.6. The fraction of sp³-hybridized carbons (Fsp3) is 0.881. The fourth-order valence-corrected chi connectivity index (χ4v) is 13.3. The molecule has 0 unspecified atom stereocenters. The molecule has 0 amide bonds. The van der Waals surface area contributed by atoms with Crippen molar-refractivity contribution in [2.45, 2.75) is 214 Å². The second-order valence-electron chi connectivity index (χ2n) is 21.3. The number of hydrogen-bond donors (Lipinski definition) is 0. The van der Waals surface area contributed by atoms with Gasteiger partial charge < -0.3 is 13.3 Å². The molecule has 3 aliphatic carbocycles. The van der Waals surface area contributed by atoms with E-state index in [1.807, 2.05) is 0 Å². The van der Waals surface area contributed by atoms with Gasteiger partial charge >= 0.3 is 0 Å². The normalized spacial score (nSPS) is 28.8. The zero-order valence-electron chi connectivity index (χ0n) is 35.3. The van der Waals surface area contributed by atoms with Crippen LogP contribution in [0.15, 0.2) is 28.5 Å². The topological polar surface area (TPSA) is 27.7 Å². The van der Waals surface area contributed by atoms with Crippen LogP contribution in [0.2, 0.25) is 55.9 Å². The van der Waals surface area contributed by atoms with Crippen molar-refractivity contribution in [3.05, 3.63) is 28.5 Å². The molecule has 3 rings (SSSR count). The maximum Gasteiger partial charge on any atom is 0.192 e. The van der Waals surface area contributed by atoms with Crippen LogP contribution in [0.5, 0.6) is 0 Å². The molecule has 0 saturated heterocycles. The summed E-state index contributed by atoms with van der Waals surface area (Å²) < 4.78 is 20.8. The van der Waals surface area contributed by atoms with Crippen LogP contribution in [0.3, 0.4) is 0 Å². The Hall–Kier alpha value is -0.209. The molecule has 0 N–H and O–H groups in total. The fourth-order valence-electron chi connectivity index (χ4n) is 8.88. The van der Waals surface area contributed by atoms with Crippen LogP contribution in [0.4, 0.5) is 0 Å². The maximum atomic E-state index is 7.17. The van der Waals surface area contributed by atoms with Gasteiger partial charge in [0.1, 0.15) is 0 Å². The molecule has 0 bridgehead atoms. The molecule has 278 valence electrons. The van der Waals surface area contributed by atoms with E-state index in [9.17, 15) is 0 Å². The second-order valence-corrected chi connectivity index (χ2v) is 35.2. The third kappa shape index (κ3) is 10.4. The third-order valence-corrected chi connectivity index (χ3v) is 23.7. The van der Waals surface area contributed by atoms with E-state index < -0.39 is 25.0 Å². The summed E-state index contributed by atoms with van der Waals surface area (Å²) in [6.45, 7) is 42.8. The van der Waals surface area contributed by atoms with Crippen molar-refractivity contribution in [3.8, 4) is 0 Å². The van der Waals surface area contributed by atoms with Crippen molar-refractivity contribution in [3.63, 3.8) is 0 Å². The molecule has 2 fully saturated rings. The first-order valence-corrected chi connectivity index (χ1v) is 29.0. The summed E-state index contributed by atoms with van der Waals surface area (Å²) in [5.41, 5.74) is 8.84. The SMILES string of the molecule is CC1=C(C=C=C2CCC[C@]3(C)[C@@H]([C@H](C)CCCC(C)(C)O[Si](C)(C)C)CC[C@@H]23)C[C@@H](O[Si](C)(C)C(C)(C)C)C[C@@H]1O[Si](C)(C)C(C)(C)C. The van der Waals surface area contributed by atoms with Gasteiger partial charge in [0.15, 0.2) is 25.0 Å². The van der Waals surface area contributed by atoms with E-state index in [1.165, 1.54) is 56.1 Å². The average Bonchev–Trinajstić information content (AvgIpc) is 3.24. The molecule has 48 heavy (non-hydrogen) atoms. The molecule has 0 heterocycles. The van der Waals surface area contributed by atoms with E-state index in [-0.39, 0.29) is 27.9 Å². The molecule has 2 saturated carbocycles. The molecule has 0 spiro atoms. The summed E-state index contributed by atoms with van der Waals surface area (Å²) in [5.74, 6) is 2.24. The Morgan fingerprint density at radius 1 is 0.896 bits per heavy atom. The minimum Gasteiger partial charge on any atom is -0.413 e. The van der Waals surface area contributed by atoms with Crippen LogP contribution in [-0.4, -0.2) is 42.8 Å². The second kappa shape index (κ2) is 15.0. The Kier molecular flexibility index (Phi) is 13.2.